The summed E-state index contributed by atoms with van der Waals surface area (Å²) in [6.45, 7) is 5.48. The largest absolute Gasteiger partial charge is 0.493 e. The van der Waals surface area contributed by atoms with Gasteiger partial charge in [0, 0.05) is 34.3 Å². The van der Waals surface area contributed by atoms with Crippen molar-refractivity contribution >= 4 is 23.9 Å². The molecule has 216 valence electrons. The summed E-state index contributed by atoms with van der Waals surface area (Å²) in [4.78, 5) is 47.0. The number of carbonyl (C=O) groups is 4. The Morgan fingerprint density at radius 2 is 1.38 bits per heavy atom. The second-order valence-corrected chi connectivity index (χ2v) is 9.79. The molecule has 1 aliphatic heterocycles. The van der Waals surface area contributed by atoms with E-state index in [1.54, 1.807) is 0 Å². The van der Waals surface area contributed by atoms with Gasteiger partial charge < -0.3 is 33.2 Å². The number of carbonyl (C=O) groups excluding carboxylic acids is 4. The van der Waals surface area contributed by atoms with Gasteiger partial charge in [-0.3, -0.25) is 19.2 Å². The fraction of sp³-hybridized carbons (Fsp3) is 0.643. The molecule has 11 nitrogen and oxygen atoms in total. The molecule has 5 atom stereocenters. The van der Waals surface area contributed by atoms with Gasteiger partial charge in [0.1, 0.15) is 18.5 Å². The first-order valence-corrected chi connectivity index (χ1v) is 13.3. The Labute approximate surface area is 228 Å². The molecule has 39 heavy (non-hydrogen) atoms. The molecule has 1 aliphatic carbocycles. The molecule has 1 saturated heterocycles. The zero-order valence-electron chi connectivity index (χ0n) is 22.9. The molecule has 0 unspecified atom stereocenters. The standard InChI is InChI=1S/C28H38O11/c1-17(29)34-16-24-25(36-18(2)30)26(37-19(3)31)27(38-20(4)32)28(39-24)33-14-6-5-7-21-10-12-23(13-11-21)35-15-22-8-9-22/h10-13,22,24-28H,5-9,14-16H2,1-4H3/t24-,25-,26+,27-,28-/m1/s1. The minimum Gasteiger partial charge on any atom is -0.493 e. The van der Waals surface area contributed by atoms with Crippen LogP contribution in [-0.2, 0) is 54.0 Å². The van der Waals surface area contributed by atoms with E-state index in [1.807, 2.05) is 24.3 Å². The van der Waals surface area contributed by atoms with Crippen LogP contribution in [0.2, 0.25) is 0 Å². The van der Waals surface area contributed by atoms with Crippen LogP contribution in [0, 0.1) is 5.92 Å². The molecule has 0 aromatic heterocycles. The molecule has 1 aromatic rings. The van der Waals surface area contributed by atoms with Crippen LogP contribution >= 0.6 is 0 Å². The Hall–Kier alpha value is -3.18. The van der Waals surface area contributed by atoms with E-state index in [-0.39, 0.29) is 13.2 Å². The minimum absolute atomic E-state index is 0.246. The number of aryl methyl sites for hydroxylation is 1. The lowest BCUT2D eigenvalue weighted by atomic mass is 9.98. The SMILES string of the molecule is CC(=O)OC[C@H]1O[C@@H](OCCCCc2ccc(OCC3CC3)cc2)[C@H](OC(C)=O)[C@@H](OC(C)=O)[C@@H]1OC(C)=O. The quantitative estimate of drug-likeness (QED) is 0.192. The molecular weight excluding hydrogens is 512 g/mol. The van der Waals surface area contributed by atoms with Gasteiger partial charge >= 0.3 is 23.9 Å². The molecule has 1 aromatic carbocycles. The molecule has 3 rings (SSSR count). The van der Waals surface area contributed by atoms with Crippen LogP contribution in [0.15, 0.2) is 24.3 Å². The summed E-state index contributed by atoms with van der Waals surface area (Å²) in [5, 5.41) is 0. The summed E-state index contributed by atoms with van der Waals surface area (Å²) < 4.78 is 38.9. The van der Waals surface area contributed by atoms with E-state index in [0.29, 0.717) is 12.3 Å². The van der Waals surface area contributed by atoms with Crippen molar-refractivity contribution in [1.82, 2.24) is 0 Å². The highest BCUT2D eigenvalue weighted by atomic mass is 16.7. The summed E-state index contributed by atoms with van der Waals surface area (Å²) in [6.07, 6.45) is -1.05. The van der Waals surface area contributed by atoms with Crippen molar-refractivity contribution in [3.63, 3.8) is 0 Å². The van der Waals surface area contributed by atoms with Crippen LogP contribution in [0.5, 0.6) is 5.75 Å². The molecule has 1 saturated carbocycles. The molecular formula is C28H38O11. The second kappa shape index (κ2) is 14.8. The summed E-state index contributed by atoms with van der Waals surface area (Å²) in [7, 11) is 0. The van der Waals surface area contributed by atoms with Crippen LogP contribution in [0.25, 0.3) is 0 Å². The molecule has 0 amide bonds. The maximum absolute atomic E-state index is 11.9. The number of esters is 4. The number of hydrogen-bond acceptors (Lipinski definition) is 11. The highest BCUT2D eigenvalue weighted by Crippen LogP contribution is 2.31. The third-order valence-corrected chi connectivity index (χ3v) is 6.20. The van der Waals surface area contributed by atoms with Crippen molar-refractivity contribution in [1.29, 1.82) is 0 Å². The molecule has 1 heterocycles. The molecule has 2 fully saturated rings. The number of hydrogen-bond donors (Lipinski definition) is 0. The fourth-order valence-electron chi connectivity index (χ4n) is 4.20. The molecule has 2 aliphatic rings. The summed E-state index contributed by atoms with van der Waals surface area (Å²) in [6, 6.07) is 8.04. The van der Waals surface area contributed by atoms with E-state index < -0.39 is 54.6 Å². The Kier molecular flexibility index (Phi) is 11.5. The Morgan fingerprint density at radius 3 is 1.97 bits per heavy atom. The molecule has 0 radical (unpaired) electrons. The van der Waals surface area contributed by atoms with Crippen molar-refractivity contribution in [3.8, 4) is 5.75 Å². The maximum Gasteiger partial charge on any atom is 0.303 e. The van der Waals surface area contributed by atoms with E-state index in [1.165, 1.54) is 46.1 Å². The lowest BCUT2D eigenvalue weighted by molar-refractivity contribution is -0.308. The molecule has 0 spiro atoms. The Balaban J connectivity index is 1.60. The van der Waals surface area contributed by atoms with E-state index >= 15 is 0 Å². The average molecular weight is 551 g/mol. The normalized spacial score (nSPS) is 24.4. The predicted molar refractivity (Wildman–Crippen MR) is 136 cm³/mol. The number of unbranched alkanes of at least 4 members (excludes halogenated alkanes) is 1. The Bertz CT molecular complexity index is 972. The number of rotatable bonds is 14. The average Bonchev–Trinajstić information content (AvgIpc) is 3.69. The first-order chi connectivity index (χ1) is 18.6. The lowest BCUT2D eigenvalue weighted by Gasteiger charge is -2.44. The highest BCUT2D eigenvalue weighted by Gasteiger charge is 2.52. The van der Waals surface area contributed by atoms with Gasteiger partial charge in [-0.1, -0.05) is 12.1 Å². The van der Waals surface area contributed by atoms with Crippen molar-refractivity contribution in [2.45, 2.75) is 90.5 Å². The van der Waals surface area contributed by atoms with Crippen molar-refractivity contribution in [2.24, 2.45) is 5.92 Å². The van der Waals surface area contributed by atoms with E-state index in [0.717, 1.165) is 25.2 Å². The number of benzene rings is 1. The van der Waals surface area contributed by atoms with Gasteiger partial charge in [0.2, 0.25) is 0 Å². The van der Waals surface area contributed by atoms with Crippen LogP contribution < -0.4 is 4.74 Å². The third kappa shape index (κ3) is 10.5. The first-order valence-electron chi connectivity index (χ1n) is 13.3. The van der Waals surface area contributed by atoms with Gasteiger partial charge in [-0.05, 0) is 55.7 Å². The van der Waals surface area contributed by atoms with Gasteiger partial charge in [-0.15, -0.1) is 0 Å². The van der Waals surface area contributed by atoms with Crippen LogP contribution in [-0.4, -0.2) is 74.4 Å². The highest BCUT2D eigenvalue weighted by molar-refractivity contribution is 5.68. The van der Waals surface area contributed by atoms with Gasteiger partial charge in [0.15, 0.2) is 24.6 Å². The maximum atomic E-state index is 11.9. The van der Waals surface area contributed by atoms with Gasteiger partial charge in [-0.25, -0.2) is 0 Å². The summed E-state index contributed by atoms with van der Waals surface area (Å²) in [5.41, 5.74) is 1.17. The summed E-state index contributed by atoms with van der Waals surface area (Å²) in [5.74, 6) is -1.04. The van der Waals surface area contributed by atoms with Crippen LogP contribution in [0.1, 0.15) is 58.9 Å². The predicted octanol–water partition coefficient (Wildman–Crippen LogP) is 2.90. The molecule has 11 heteroatoms. The van der Waals surface area contributed by atoms with E-state index in [2.05, 4.69) is 0 Å². The molecule has 0 bridgehead atoms. The van der Waals surface area contributed by atoms with E-state index in [4.69, 9.17) is 33.2 Å². The first kappa shape index (κ1) is 30.4. The van der Waals surface area contributed by atoms with Gasteiger partial charge in [-0.2, -0.15) is 0 Å². The second-order valence-electron chi connectivity index (χ2n) is 9.79. The van der Waals surface area contributed by atoms with E-state index in [9.17, 15) is 19.2 Å². The van der Waals surface area contributed by atoms with Gasteiger partial charge in [0.25, 0.3) is 0 Å². The van der Waals surface area contributed by atoms with Crippen LogP contribution in [0.3, 0.4) is 0 Å². The molecule has 0 N–H and O–H groups in total. The zero-order valence-corrected chi connectivity index (χ0v) is 22.9. The van der Waals surface area contributed by atoms with Crippen molar-refractivity contribution in [2.75, 3.05) is 19.8 Å². The minimum atomic E-state index is -1.24. The fourth-order valence-corrected chi connectivity index (χ4v) is 4.20. The lowest BCUT2D eigenvalue weighted by Crippen LogP contribution is -2.63. The smallest absolute Gasteiger partial charge is 0.303 e. The zero-order chi connectivity index (χ0) is 28.4. The Morgan fingerprint density at radius 1 is 0.769 bits per heavy atom. The summed E-state index contributed by atoms with van der Waals surface area (Å²) >= 11 is 0. The van der Waals surface area contributed by atoms with Crippen molar-refractivity contribution < 1.29 is 52.3 Å². The van der Waals surface area contributed by atoms with Crippen LogP contribution in [0.4, 0.5) is 0 Å². The van der Waals surface area contributed by atoms with Crippen molar-refractivity contribution in [3.05, 3.63) is 29.8 Å². The van der Waals surface area contributed by atoms with Gasteiger partial charge in [0.05, 0.1) is 6.61 Å². The monoisotopic (exact) mass is 550 g/mol. The number of ether oxygens (including phenoxy) is 7. The topological polar surface area (TPSA) is 133 Å². The third-order valence-electron chi connectivity index (χ3n) is 6.20.